The molecular weight excluding hydrogens is 260 g/mol. The number of carbonyl (C=O) groups excluding carboxylic acids is 1. The Morgan fingerprint density at radius 2 is 1.95 bits per heavy atom. The quantitative estimate of drug-likeness (QED) is 0.622. The third-order valence-electron chi connectivity index (χ3n) is 3.47. The molecule has 3 N–H and O–H groups in total. The van der Waals surface area contributed by atoms with Crippen LogP contribution in [0.5, 0.6) is 0 Å². The summed E-state index contributed by atoms with van der Waals surface area (Å²) in [6, 6.07) is 0.350. The highest BCUT2D eigenvalue weighted by molar-refractivity contribution is 7.98. The molecule has 4 nitrogen and oxygen atoms in total. The van der Waals surface area contributed by atoms with Gasteiger partial charge in [-0.15, -0.1) is 0 Å². The fraction of sp³-hybridized carbons (Fsp3) is 0.929. The molecule has 1 fully saturated rings. The van der Waals surface area contributed by atoms with Crippen LogP contribution in [0.25, 0.3) is 0 Å². The Hall–Kier alpha value is -0.260. The summed E-state index contributed by atoms with van der Waals surface area (Å²) >= 11 is 1.61. The normalized spacial score (nSPS) is 20.6. The summed E-state index contributed by atoms with van der Waals surface area (Å²) in [5.74, 6) is 0.719. The van der Waals surface area contributed by atoms with Crippen molar-refractivity contribution in [2.45, 2.75) is 57.1 Å². The molecule has 1 amide bonds. The van der Waals surface area contributed by atoms with Gasteiger partial charge in [0.25, 0.3) is 0 Å². The van der Waals surface area contributed by atoms with Crippen LogP contribution in [0.15, 0.2) is 0 Å². The van der Waals surface area contributed by atoms with Gasteiger partial charge in [0.05, 0.1) is 12.1 Å². The van der Waals surface area contributed by atoms with Crippen LogP contribution in [0.4, 0.5) is 0 Å². The Balaban J connectivity index is 2.16. The van der Waals surface area contributed by atoms with Gasteiger partial charge >= 0.3 is 0 Å². The second kappa shape index (κ2) is 8.82. The van der Waals surface area contributed by atoms with E-state index in [0.29, 0.717) is 24.9 Å². The molecule has 1 rings (SSSR count). The molecule has 1 atom stereocenters. The second-order valence-electron chi connectivity index (χ2n) is 5.79. The van der Waals surface area contributed by atoms with Crippen LogP contribution >= 0.6 is 11.8 Å². The number of nitrogens with one attached hydrogen (secondary N) is 2. The lowest BCUT2D eigenvalue weighted by atomic mass is 10.1. The average molecular weight is 288 g/mol. The third-order valence-corrected chi connectivity index (χ3v) is 4.38. The van der Waals surface area contributed by atoms with Crippen molar-refractivity contribution in [3.05, 3.63) is 0 Å². The molecule has 1 aliphatic carbocycles. The van der Waals surface area contributed by atoms with Gasteiger partial charge in [-0.2, -0.15) is 11.8 Å². The topological polar surface area (TPSA) is 61.4 Å². The molecular formula is C14H28N2O2S. The first-order chi connectivity index (χ1) is 9.03. The largest absolute Gasteiger partial charge is 0.388 e. The van der Waals surface area contributed by atoms with Crippen LogP contribution in [-0.2, 0) is 4.79 Å². The lowest BCUT2D eigenvalue weighted by Gasteiger charge is -2.23. The van der Waals surface area contributed by atoms with Crippen molar-refractivity contribution in [2.75, 3.05) is 25.1 Å². The minimum Gasteiger partial charge on any atom is -0.388 e. The molecule has 0 saturated heterocycles. The molecule has 1 saturated carbocycles. The Morgan fingerprint density at radius 1 is 1.32 bits per heavy atom. The summed E-state index contributed by atoms with van der Waals surface area (Å²) < 4.78 is 0. The van der Waals surface area contributed by atoms with E-state index in [1.165, 1.54) is 25.7 Å². The zero-order valence-electron chi connectivity index (χ0n) is 12.2. The Labute approximate surface area is 121 Å². The minimum atomic E-state index is -0.748. The Bertz CT molecular complexity index is 264. The Morgan fingerprint density at radius 3 is 2.53 bits per heavy atom. The monoisotopic (exact) mass is 288 g/mol. The number of thioether (sulfide) groups is 1. The lowest BCUT2D eigenvalue weighted by molar-refractivity contribution is -0.121. The number of carbonyl (C=O) groups is 1. The van der Waals surface area contributed by atoms with Crippen molar-refractivity contribution >= 4 is 17.7 Å². The van der Waals surface area contributed by atoms with Gasteiger partial charge < -0.3 is 15.7 Å². The second-order valence-corrected chi connectivity index (χ2v) is 6.66. The molecule has 0 aromatic rings. The van der Waals surface area contributed by atoms with E-state index in [4.69, 9.17) is 0 Å². The molecule has 0 aliphatic heterocycles. The molecule has 0 aromatic carbocycles. The molecule has 19 heavy (non-hydrogen) atoms. The van der Waals surface area contributed by atoms with Crippen molar-refractivity contribution in [2.24, 2.45) is 0 Å². The maximum Gasteiger partial charge on any atom is 0.234 e. The first-order valence-electron chi connectivity index (χ1n) is 7.25. The molecule has 5 heteroatoms. The van der Waals surface area contributed by atoms with E-state index in [9.17, 15) is 9.90 Å². The maximum absolute atomic E-state index is 11.8. The highest BCUT2D eigenvalue weighted by atomic mass is 32.2. The Kier molecular flexibility index (Phi) is 7.80. The SMILES string of the molecule is CSCC(C)(O)CNCC(=O)NC1CCCCCC1. The predicted octanol–water partition coefficient (Wildman–Crippen LogP) is 1.53. The standard InChI is InChI=1S/C14H28N2O2S/c1-14(18,11-19-2)10-15-9-13(17)16-12-7-5-3-4-6-8-12/h12,15,18H,3-11H2,1-2H3,(H,16,17). The van der Waals surface area contributed by atoms with E-state index < -0.39 is 5.60 Å². The average Bonchev–Trinajstić information content (AvgIpc) is 2.57. The molecule has 1 unspecified atom stereocenters. The van der Waals surface area contributed by atoms with Gasteiger partial charge in [0.2, 0.25) is 5.91 Å². The zero-order valence-corrected chi connectivity index (χ0v) is 13.0. The van der Waals surface area contributed by atoms with Crippen LogP contribution in [0, 0.1) is 0 Å². The van der Waals surface area contributed by atoms with Crippen molar-refractivity contribution in [1.29, 1.82) is 0 Å². The van der Waals surface area contributed by atoms with Crippen LogP contribution in [0.2, 0.25) is 0 Å². The summed E-state index contributed by atoms with van der Waals surface area (Å²) in [5, 5.41) is 16.1. The van der Waals surface area contributed by atoms with E-state index in [1.807, 2.05) is 6.26 Å². The molecule has 0 spiro atoms. The zero-order chi connectivity index (χ0) is 14.1. The molecule has 0 aromatic heterocycles. The number of hydrogen-bond acceptors (Lipinski definition) is 4. The smallest absolute Gasteiger partial charge is 0.234 e. The van der Waals surface area contributed by atoms with Crippen LogP contribution < -0.4 is 10.6 Å². The highest BCUT2D eigenvalue weighted by Gasteiger charge is 2.20. The van der Waals surface area contributed by atoms with Gasteiger partial charge in [0, 0.05) is 18.3 Å². The molecule has 0 bridgehead atoms. The first-order valence-corrected chi connectivity index (χ1v) is 8.64. The third kappa shape index (κ3) is 7.80. The highest BCUT2D eigenvalue weighted by Crippen LogP contribution is 2.17. The molecule has 1 aliphatic rings. The predicted molar refractivity (Wildman–Crippen MR) is 81.5 cm³/mol. The number of rotatable bonds is 7. The van der Waals surface area contributed by atoms with Crippen molar-refractivity contribution in [3.63, 3.8) is 0 Å². The fourth-order valence-corrected chi connectivity index (χ4v) is 3.23. The summed E-state index contributed by atoms with van der Waals surface area (Å²) in [5.41, 5.74) is -0.748. The van der Waals surface area contributed by atoms with Gasteiger partial charge in [0.15, 0.2) is 0 Å². The van der Waals surface area contributed by atoms with Gasteiger partial charge in [-0.1, -0.05) is 25.7 Å². The van der Waals surface area contributed by atoms with Crippen molar-refractivity contribution in [1.82, 2.24) is 10.6 Å². The fourth-order valence-electron chi connectivity index (χ4n) is 2.51. The first kappa shape index (κ1) is 16.8. The lowest BCUT2D eigenvalue weighted by Crippen LogP contribution is -2.45. The number of hydrogen-bond donors (Lipinski definition) is 3. The summed E-state index contributed by atoms with van der Waals surface area (Å²) in [6.07, 6.45) is 9.21. The molecule has 0 radical (unpaired) electrons. The van der Waals surface area contributed by atoms with Gasteiger partial charge in [-0.25, -0.2) is 0 Å². The van der Waals surface area contributed by atoms with Gasteiger partial charge in [0.1, 0.15) is 0 Å². The van der Waals surface area contributed by atoms with Crippen LogP contribution in [0.1, 0.15) is 45.4 Å². The number of amides is 1. The molecule has 0 heterocycles. The van der Waals surface area contributed by atoms with Crippen LogP contribution in [-0.4, -0.2) is 47.8 Å². The van der Waals surface area contributed by atoms with E-state index in [1.54, 1.807) is 18.7 Å². The van der Waals surface area contributed by atoms with Crippen molar-refractivity contribution in [3.8, 4) is 0 Å². The summed E-state index contributed by atoms with van der Waals surface area (Å²) in [4.78, 5) is 11.8. The maximum atomic E-state index is 11.8. The van der Waals surface area contributed by atoms with E-state index >= 15 is 0 Å². The van der Waals surface area contributed by atoms with Gasteiger partial charge in [-0.05, 0) is 26.0 Å². The van der Waals surface area contributed by atoms with Crippen LogP contribution in [0.3, 0.4) is 0 Å². The summed E-state index contributed by atoms with van der Waals surface area (Å²) in [6.45, 7) is 2.53. The van der Waals surface area contributed by atoms with Crippen molar-refractivity contribution < 1.29 is 9.90 Å². The molecule has 112 valence electrons. The number of aliphatic hydroxyl groups is 1. The van der Waals surface area contributed by atoms with E-state index in [2.05, 4.69) is 10.6 Å². The minimum absolute atomic E-state index is 0.0480. The van der Waals surface area contributed by atoms with Gasteiger partial charge in [-0.3, -0.25) is 4.79 Å². The summed E-state index contributed by atoms with van der Waals surface area (Å²) in [7, 11) is 0. The van der Waals surface area contributed by atoms with E-state index in [0.717, 1.165) is 12.8 Å². The van der Waals surface area contributed by atoms with E-state index in [-0.39, 0.29) is 5.91 Å².